The molecule has 3 aliphatic heterocycles. The fourth-order valence-corrected chi connectivity index (χ4v) is 8.38. The smallest absolute Gasteiger partial charge is 0.411 e. The van der Waals surface area contributed by atoms with E-state index in [1.54, 1.807) is 24.3 Å². The van der Waals surface area contributed by atoms with E-state index in [4.69, 9.17) is 19.3 Å². The maximum Gasteiger partial charge on any atom is 0.411 e. The average Bonchev–Trinajstić information content (AvgIpc) is 3.73. The first-order valence-corrected chi connectivity index (χ1v) is 17.7. The van der Waals surface area contributed by atoms with Gasteiger partial charge in [-0.15, -0.1) is 0 Å². The lowest BCUT2D eigenvalue weighted by atomic mass is 9.84. The molecule has 0 aromatic heterocycles. The van der Waals surface area contributed by atoms with Gasteiger partial charge in [0.05, 0.1) is 26.2 Å². The first-order chi connectivity index (χ1) is 23.9. The Morgan fingerprint density at radius 2 is 1.54 bits per heavy atom. The van der Waals surface area contributed by atoms with Crippen molar-refractivity contribution in [1.82, 2.24) is 15.1 Å². The number of methoxy groups -OCH3 is 2. The molecule has 16 heteroatoms. The predicted molar refractivity (Wildman–Crippen MR) is 180 cm³/mol. The van der Waals surface area contributed by atoms with Crippen molar-refractivity contribution in [3.05, 3.63) is 95.1 Å². The van der Waals surface area contributed by atoms with Crippen LogP contribution in [0.4, 0.5) is 25.8 Å². The van der Waals surface area contributed by atoms with Crippen molar-refractivity contribution >= 4 is 39.7 Å². The number of fused-ring (bicyclic) bond motifs is 3. The van der Waals surface area contributed by atoms with Crippen LogP contribution in [0.25, 0.3) is 0 Å². The summed E-state index contributed by atoms with van der Waals surface area (Å²) >= 11 is 0. The number of likely N-dealkylation sites (tertiary alicyclic amines) is 2. The standard InChI is InChI=1S/C34H38N6O9S/c1-22-11-8-9-14-24(22)33(17-19-38(31(42)47-2)28(33)35-30(41)49-21-23-12-6-5-7-13-23)37-36-26-16-10-15-25-27(26)40(50(4,45)46)29-34(25,44)18-20-39(29)32(43)48-3/h5-16,28-29,44H,17-21H2,1-4H3,(H,35,41)/b37-36+/t28?,29?,33-,34-/m0/s1. The monoisotopic (exact) mass is 706 g/mol. The van der Waals surface area contributed by atoms with Crippen LogP contribution in [0.2, 0.25) is 0 Å². The van der Waals surface area contributed by atoms with Gasteiger partial charge in [0, 0.05) is 31.5 Å². The van der Waals surface area contributed by atoms with Crippen molar-refractivity contribution in [3.63, 3.8) is 0 Å². The summed E-state index contributed by atoms with van der Waals surface area (Å²) in [6.45, 7) is 2.00. The summed E-state index contributed by atoms with van der Waals surface area (Å²) in [4.78, 5) is 41.7. The van der Waals surface area contributed by atoms with Crippen LogP contribution in [0.1, 0.15) is 35.1 Å². The Bertz CT molecular complexity index is 1940. The van der Waals surface area contributed by atoms with E-state index in [0.717, 1.165) is 21.7 Å². The molecule has 3 aromatic carbocycles. The number of hydrogen-bond acceptors (Lipinski definition) is 11. The van der Waals surface area contributed by atoms with E-state index < -0.39 is 51.8 Å². The number of nitrogens with zero attached hydrogens (tertiary/aromatic N) is 5. The maximum atomic E-state index is 13.4. The van der Waals surface area contributed by atoms with Gasteiger partial charge in [-0.05, 0) is 29.7 Å². The minimum Gasteiger partial charge on any atom is -0.453 e. The van der Waals surface area contributed by atoms with Gasteiger partial charge in [0.1, 0.15) is 29.6 Å². The molecule has 0 spiro atoms. The summed E-state index contributed by atoms with van der Waals surface area (Å²) in [5.41, 5.74) is -0.595. The van der Waals surface area contributed by atoms with Gasteiger partial charge in [-0.3, -0.25) is 15.1 Å². The van der Waals surface area contributed by atoms with Crippen LogP contribution in [-0.4, -0.2) is 87.5 Å². The van der Waals surface area contributed by atoms with Crippen molar-refractivity contribution < 1.29 is 42.1 Å². The summed E-state index contributed by atoms with van der Waals surface area (Å²) in [6.07, 6.45) is -3.59. The van der Waals surface area contributed by atoms with Gasteiger partial charge in [0.25, 0.3) is 0 Å². The van der Waals surface area contributed by atoms with Gasteiger partial charge in [-0.25, -0.2) is 27.1 Å². The Morgan fingerprint density at radius 3 is 2.22 bits per heavy atom. The molecule has 3 amide bonds. The third-order valence-corrected chi connectivity index (χ3v) is 10.6. The minimum atomic E-state index is -4.12. The summed E-state index contributed by atoms with van der Waals surface area (Å²) < 4.78 is 43.3. The molecule has 264 valence electrons. The molecular weight excluding hydrogens is 668 g/mol. The Morgan fingerprint density at radius 1 is 0.900 bits per heavy atom. The highest BCUT2D eigenvalue weighted by Crippen LogP contribution is 2.55. The molecule has 15 nitrogen and oxygen atoms in total. The zero-order chi connectivity index (χ0) is 35.8. The second kappa shape index (κ2) is 13.2. The molecule has 0 aliphatic carbocycles. The molecule has 2 fully saturated rings. The number of anilines is 1. The number of aliphatic hydroxyl groups is 1. The number of amides is 3. The fraction of sp³-hybridized carbons (Fsp3) is 0.382. The first-order valence-electron chi connectivity index (χ1n) is 15.9. The van der Waals surface area contributed by atoms with Crippen LogP contribution in [0.3, 0.4) is 0 Å². The number of carbonyl (C=O) groups is 3. The quantitative estimate of drug-likeness (QED) is 0.265. The number of benzene rings is 3. The highest BCUT2D eigenvalue weighted by atomic mass is 32.2. The molecule has 6 rings (SSSR count). The number of alkyl carbamates (subject to hydrolysis) is 1. The van der Waals surface area contributed by atoms with E-state index in [-0.39, 0.29) is 49.5 Å². The Hall–Kier alpha value is -5.22. The molecule has 2 saturated heterocycles. The summed E-state index contributed by atoms with van der Waals surface area (Å²) in [7, 11) is -1.71. The predicted octanol–water partition coefficient (Wildman–Crippen LogP) is 4.46. The van der Waals surface area contributed by atoms with Crippen LogP contribution >= 0.6 is 0 Å². The fourth-order valence-electron chi connectivity index (χ4n) is 7.21. The number of rotatable bonds is 7. The van der Waals surface area contributed by atoms with Crippen LogP contribution in [0, 0.1) is 6.92 Å². The van der Waals surface area contributed by atoms with Crippen molar-refractivity contribution in [1.29, 1.82) is 0 Å². The highest BCUT2D eigenvalue weighted by Gasteiger charge is 2.62. The van der Waals surface area contributed by atoms with Gasteiger partial charge in [-0.2, -0.15) is 10.2 Å². The highest BCUT2D eigenvalue weighted by molar-refractivity contribution is 7.92. The number of ether oxygens (including phenoxy) is 3. The summed E-state index contributed by atoms with van der Waals surface area (Å²) in [6, 6.07) is 21.2. The maximum absolute atomic E-state index is 13.4. The van der Waals surface area contributed by atoms with E-state index in [2.05, 4.69) is 10.4 Å². The molecular formula is C34H38N6O9S. The van der Waals surface area contributed by atoms with E-state index in [9.17, 15) is 27.9 Å². The Labute approximate surface area is 289 Å². The molecule has 0 radical (unpaired) electrons. The molecule has 2 N–H and O–H groups in total. The van der Waals surface area contributed by atoms with Gasteiger partial charge in [0.15, 0.2) is 6.17 Å². The second-order valence-corrected chi connectivity index (χ2v) is 14.3. The second-order valence-electron chi connectivity index (χ2n) is 12.4. The molecule has 2 unspecified atom stereocenters. The zero-order valence-electron chi connectivity index (χ0n) is 28.0. The Kier molecular flexibility index (Phi) is 9.17. The first kappa shape index (κ1) is 34.6. The van der Waals surface area contributed by atoms with Crippen molar-refractivity contribution in [2.75, 3.05) is 37.9 Å². The number of nitrogens with one attached hydrogen (secondary N) is 1. The molecule has 0 saturated carbocycles. The molecule has 0 bridgehead atoms. The largest absolute Gasteiger partial charge is 0.453 e. The lowest BCUT2D eigenvalue weighted by Crippen LogP contribution is -2.55. The molecule has 4 atom stereocenters. The number of sulfonamides is 1. The molecule has 50 heavy (non-hydrogen) atoms. The van der Waals surface area contributed by atoms with E-state index in [0.29, 0.717) is 5.56 Å². The van der Waals surface area contributed by atoms with Crippen LogP contribution in [0.15, 0.2) is 83.0 Å². The third-order valence-electron chi connectivity index (χ3n) is 9.47. The van der Waals surface area contributed by atoms with Gasteiger partial charge in [-0.1, -0.05) is 66.7 Å². The van der Waals surface area contributed by atoms with Crippen LogP contribution < -0.4 is 9.62 Å². The normalized spacial score (nSPS) is 24.2. The SMILES string of the molecule is COC(=O)N1CC[C@](/N=N/c2cccc3c2N(S(C)(=O)=O)C2N(C(=O)OC)CC[C@]32O)(c2ccccc2C)C1NC(=O)OCc1ccccc1. The molecule has 3 aliphatic rings. The van der Waals surface area contributed by atoms with Gasteiger partial charge >= 0.3 is 18.3 Å². The number of carbonyl (C=O) groups excluding carboxylic acids is 3. The van der Waals surface area contributed by atoms with Crippen LogP contribution in [0.5, 0.6) is 0 Å². The van der Waals surface area contributed by atoms with Crippen molar-refractivity contribution in [2.24, 2.45) is 10.2 Å². The van der Waals surface area contributed by atoms with Crippen molar-refractivity contribution in [3.8, 4) is 0 Å². The number of aryl methyl sites for hydroxylation is 1. The Balaban J connectivity index is 1.46. The molecule has 3 heterocycles. The van der Waals surface area contributed by atoms with Crippen LogP contribution in [-0.2, 0) is 42.0 Å². The van der Waals surface area contributed by atoms with Gasteiger partial charge < -0.3 is 19.3 Å². The lowest BCUT2D eigenvalue weighted by Gasteiger charge is -2.35. The topological polar surface area (TPSA) is 180 Å². The zero-order valence-corrected chi connectivity index (χ0v) is 28.8. The minimum absolute atomic E-state index is 0.0271. The number of hydrogen-bond donors (Lipinski definition) is 2. The molecule has 3 aromatic rings. The lowest BCUT2D eigenvalue weighted by molar-refractivity contribution is 0.0143. The number of azo groups is 1. The third kappa shape index (κ3) is 5.87. The van der Waals surface area contributed by atoms with Crippen molar-refractivity contribution in [2.45, 2.75) is 49.8 Å². The van der Waals surface area contributed by atoms with E-state index >= 15 is 0 Å². The average molecular weight is 707 g/mol. The summed E-state index contributed by atoms with van der Waals surface area (Å²) in [5, 5.41) is 24.3. The van der Waals surface area contributed by atoms with E-state index in [1.165, 1.54) is 24.0 Å². The number of para-hydroxylation sites is 1. The summed E-state index contributed by atoms with van der Waals surface area (Å²) in [5.74, 6) is 0. The van der Waals surface area contributed by atoms with Gasteiger partial charge in [0.2, 0.25) is 10.0 Å². The van der Waals surface area contributed by atoms with E-state index in [1.807, 2.05) is 55.5 Å².